The van der Waals surface area contributed by atoms with Gasteiger partial charge in [0.1, 0.15) is 0 Å². The number of aliphatic carboxylic acids is 1. The zero-order valence-electron chi connectivity index (χ0n) is 13.6. The minimum Gasteiger partial charge on any atom is -0.479 e. The van der Waals surface area contributed by atoms with E-state index in [2.05, 4.69) is 0 Å². The molecule has 126 valence electrons. The highest BCUT2D eigenvalue weighted by Gasteiger charge is 2.32. The molecule has 0 aromatic heterocycles. The van der Waals surface area contributed by atoms with Gasteiger partial charge in [0.2, 0.25) is 11.8 Å². The second-order valence-corrected chi connectivity index (χ2v) is 5.49. The molecule has 22 heavy (non-hydrogen) atoms. The highest BCUT2D eigenvalue weighted by Crippen LogP contribution is 2.14. The van der Waals surface area contributed by atoms with Crippen LogP contribution in [-0.4, -0.2) is 71.1 Å². The first-order chi connectivity index (χ1) is 10.4. The number of carbonyl (C=O) groups is 3. The van der Waals surface area contributed by atoms with Crippen LogP contribution in [0.25, 0.3) is 0 Å². The van der Waals surface area contributed by atoms with Gasteiger partial charge in [0.25, 0.3) is 0 Å². The Morgan fingerprint density at radius 3 is 2.36 bits per heavy atom. The fourth-order valence-electron chi connectivity index (χ4n) is 2.57. The van der Waals surface area contributed by atoms with Gasteiger partial charge in [0, 0.05) is 32.5 Å². The number of carbonyl (C=O) groups excluding carboxylic acids is 2. The lowest BCUT2D eigenvalue weighted by atomic mass is 10.1. The third-order valence-electron chi connectivity index (χ3n) is 3.79. The molecule has 0 spiro atoms. The molecule has 0 aliphatic carbocycles. The topological polar surface area (TPSA) is 87.2 Å². The predicted octanol–water partition coefficient (Wildman–Crippen LogP) is 0.726. The largest absolute Gasteiger partial charge is 0.479 e. The molecular weight excluding hydrogens is 288 g/mol. The smallest absolute Gasteiger partial charge is 0.334 e. The number of carboxylic acids is 1. The number of amides is 2. The molecule has 1 aliphatic rings. The summed E-state index contributed by atoms with van der Waals surface area (Å²) in [6.07, 6.45) is -0.180. The number of rotatable bonds is 7. The summed E-state index contributed by atoms with van der Waals surface area (Å²) in [6, 6.07) is 0. The average molecular weight is 314 g/mol. The van der Waals surface area contributed by atoms with Crippen molar-refractivity contribution in [2.24, 2.45) is 0 Å². The summed E-state index contributed by atoms with van der Waals surface area (Å²) >= 11 is 0. The molecule has 0 bridgehead atoms. The quantitative estimate of drug-likeness (QED) is 0.748. The van der Waals surface area contributed by atoms with Crippen LogP contribution in [0.2, 0.25) is 0 Å². The first kappa shape index (κ1) is 18.4. The molecule has 2 amide bonds. The maximum atomic E-state index is 12.2. The van der Waals surface area contributed by atoms with Crippen LogP contribution < -0.4 is 0 Å². The summed E-state index contributed by atoms with van der Waals surface area (Å²) in [5.41, 5.74) is 0. The van der Waals surface area contributed by atoms with Crippen molar-refractivity contribution in [2.45, 2.75) is 52.2 Å². The molecule has 0 saturated carbocycles. The highest BCUT2D eigenvalue weighted by atomic mass is 16.5. The van der Waals surface area contributed by atoms with Crippen LogP contribution in [0.4, 0.5) is 0 Å². The average Bonchev–Trinajstić information content (AvgIpc) is 2.47. The maximum Gasteiger partial charge on any atom is 0.334 e. The Morgan fingerprint density at radius 2 is 1.82 bits per heavy atom. The second-order valence-electron chi connectivity index (χ2n) is 5.49. The van der Waals surface area contributed by atoms with Crippen molar-refractivity contribution in [3.8, 4) is 0 Å². The first-order valence-electron chi connectivity index (χ1n) is 7.82. The number of ether oxygens (including phenoxy) is 1. The van der Waals surface area contributed by atoms with E-state index in [1.165, 1.54) is 4.90 Å². The van der Waals surface area contributed by atoms with E-state index in [1.54, 1.807) is 11.8 Å². The zero-order valence-corrected chi connectivity index (χ0v) is 13.6. The first-order valence-corrected chi connectivity index (χ1v) is 7.82. The molecule has 7 nitrogen and oxygen atoms in total. The molecule has 1 heterocycles. The van der Waals surface area contributed by atoms with Crippen LogP contribution in [0.5, 0.6) is 0 Å². The molecule has 1 N–H and O–H groups in total. The summed E-state index contributed by atoms with van der Waals surface area (Å²) in [5, 5.41) is 9.01. The highest BCUT2D eigenvalue weighted by molar-refractivity contribution is 5.80. The van der Waals surface area contributed by atoms with E-state index in [9.17, 15) is 14.4 Å². The number of hydrogen-bond acceptors (Lipinski definition) is 4. The normalized spacial score (nSPS) is 21.5. The molecule has 1 unspecified atom stereocenters. The molecule has 1 saturated heterocycles. The molecule has 0 radical (unpaired) electrons. The molecular formula is C15H26N2O5. The summed E-state index contributed by atoms with van der Waals surface area (Å²) in [7, 11) is 0. The van der Waals surface area contributed by atoms with E-state index in [-0.39, 0.29) is 30.9 Å². The van der Waals surface area contributed by atoms with Gasteiger partial charge in [-0.2, -0.15) is 0 Å². The van der Waals surface area contributed by atoms with Gasteiger partial charge in [-0.15, -0.1) is 0 Å². The molecule has 2 atom stereocenters. The Kier molecular flexibility index (Phi) is 7.31. The molecule has 1 aliphatic heterocycles. The Hall–Kier alpha value is -1.63. The predicted molar refractivity (Wildman–Crippen MR) is 80.3 cm³/mol. The lowest BCUT2D eigenvalue weighted by Gasteiger charge is -2.35. The summed E-state index contributed by atoms with van der Waals surface area (Å²) in [5.74, 6) is -1.12. The van der Waals surface area contributed by atoms with E-state index >= 15 is 0 Å². The van der Waals surface area contributed by atoms with Gasteiger partial charge in [0.15, 0.2) is 6.10 Å². The SMILES string of the molecule is CCN(CC)C(=O)CCCC(=O)N1CC(C(=O)O)O[C@H](C)C1. The molecule has 1 fully saturated rings. The third-order valence-corrected chi connectivity index (χ3v) is 3.79. The molecule has 0 aromatic carbocycles. The van der Waals surface area contributed by atoms with Crippen molar-refractivity contribution >= 4 is 17.8 Å². The Bertz CT molecular complexity index is 409. The lowest BCUT2D eigenvalue weighted by Crippen LogP contribution is -2.51. The fraction of sp³-hybridized carbons (Fsp3) is 0.800. The monoisotopic (exact) mass is 314 g/mol. The van der Waals surface area contributed by atoms with Crippen LogP contribution in [0.1, 0.15) is 40.0 Å². The van der Waals surface area contributed by atoms with Crippen molar-refractivity contribution in [3.05, 3.63) is 0 Å². The molecule has 7 heteroatoms. The zero-order chi connectivity index (χ0) is 16.7. The van der Waals surface area contributed by atoms with Gasteiger partial charge >= 0.3 is 5.97 Å². The van der Waals surface area contributed by atoms with E-state index in [0.717, 1.165) is 0 Å². The van der Waals surface area contributed by atoms with E-state index in [4.69, 9.17) is 9.84 Å². The summed E-state index contributed by atoms with van der Waals surface area (Å²) in [6.45, 7) is 7.41. The van der Waals surface area contributed by atoms with Crippen LogP contribution >= 0.6 is 0 Å². The van der Waals surface area contributed by atoms with Gasteiger partial charge in [0.05, 0.1) is 12.6 Å². The van der Waals surface area contributed by atoms with Crippen molar-refractivity contribution < 1.29 is 24.2 Å². The van der Waals surface area contributed by atoms with E-state index in [1.807, 2.05) is 13.8 Å². The Morgan fingerprint density at radius 1 is 1.18 bits per heavy atom. The van der Waals surface area contributed by atoms with Crippen molar-refractivity contribution in [1.29, 1.82) is 0 Å². The number of morpholine rings is 1. The fourth-order valence-corrected chi connectivity index (χ4v) is 2.57. The maximum absolute atomic E-state index is 12.2. The number of hydrogen-bond donors (Lipinski definition) is 1. The van der Waals surface area contributed by atoms with E-state index in [0.29, 0.717) is 32.5 Å². The third kappa shape index (κ3) is 5.29. The minimum atomic E-state index is -1.05. The Labute approximate surface area is 131 Å². The van der Waals surface area contributed by atoms with Crippen LogP contribution in [0, 0.1) is 0 Å². The Balaban J connectivity index is 2.41. The van der Waals surface area contributed by atoms with Crippen LogP contribution in [0.3, 0.4) is 0 Å². The summed E-state index contributed by atoms with van der Waals surface area (Å²) < 4.78 is 5.28. The lowest BCUT2D eigenvalue weighted by molar-refractivity contribution is -0.166. The van der Waals surface area contributed by atoms with E-state index < -0.39 is 12.1 Å². The van der Waals surface area contributed by atoms with Gasteiger partial charge in [-0.3, -0.25) is 9.59 Å². The molecule has 1 rings (SSSR count). The number of carboxylic acid groups (broad SMARTS) is 1. The van der Waals surface area contributed by atoms with Crippen molar-refractivity contribution in [3.63, 3.8) is 0 Å². The minimum absolute atomic E-state index is 0.0524. The van der Waals surface area contributed by atoms with Gasteiger partial charge in [-0.25, -0.2) is 4.79 Å². The van der Waals surface area contributed by atoms with Crippen molar-refractivity contribution in [2.75, 3.05) is 26.2 Å². The van der Waals surface area contributed by atoms with Gasteiger partial charge in [-0.05, 0) is 27.2 Å². The standard InChI is InChI=1S/C15H26N2O5/c1-4-16(5-2)13(18)7-6-8-14(19)17-9-11(3)22-12(10-17)15(20)21/h11-12H,4-10H2,1-3H3,(H,20,21)/t11-,12?/m1/s1. The number of nitrogens with zero attached hydrogens (tertiary/aromatic N) is 2. The van der Waals surface area contributed by atoms with Gasteiger partial charge in [-0.1, -0.05) is 0 Å². The van der Waals surface area contributed by atoms with Crippen LogP contribution in [0.15, 0.2) is 0 Å². The van der Waals surface area contributed by atoms with Crippen LogP contribution in [-0.2, 0) is 19.1 Å². The summed E-state index contributed by atoms with van der Waals surface area (Å²) in [4.78, 5) is 38.3. The van der Waals surface area contributed by atoms with Gasteiger partial charge < -0.3 is 19.6 Å². The second kappa shape index (κ2) is 8.73. The molecule has 0 aromatic rings. The van der Waals surface area contributed by atoms with Crippen molar-refractivity contribution in [1.82, 2.24) is 9.80 Å².